The molecule has 1 atom stereocenters. The van der Waals surface area contributed by atoms with Crippen LogP contribution in [0.5, 0.6) is 0 Å². The summed E-state index contributed by atoms with van der Waals surface area (Å²) in [4.78, 5) is 25.2. The molecule has 0 saturated carbocycles. The maximum atomic E-state index is 11.2. The lowest BCUT2D eigenvalue weighted by Gasteiger charge is -2.12. The number of rotatable bonds is 4. The minimum atomic E-state index is -1.07. The minimum absolute atomic E-state index is 0.182. The number of hydrogen-bond donors (Lipinski definition) is 3. The normalized spacial score (nSPS) is 12.3. The van der Waals surface area contributed by atoms with Gasteiger partial charge in [0, 0.05) is 29.4 Å². The lowest BCUT2D eigenvalue weighted by Crippen LogP contribution is -2.41. The van der Waals surface area contributed by atoms with E-state index >= 15 is 0 Å². The van der Waals surface area contributed by atoms with Gasteiger partial charge >= 0.3 is 5.97 Å². The van der Waals surface area contributed by atoms with Crippen LogP contribution in [-0.2, 0) is 16.0 Å². The number of benzene rings is 1. The Bertz CT molecular complexity index is 684. The fourth-order valence-electron chi connectivity index (χ4n) is 2.04. The van der Waals surface area contributed by atoms with Crippen LogP contribution in [0.3, 0.4) is 0 Å². The van der Waals surface area contributed by atoms with Crippen LogP contribution in [0.25, 0.3) is 10.9 Å². The molecule has 1 aromatic heterocycles. The molecule has 0 radical (unpaired) electrons. The molecule has 1 unspecified atom stereocenters. The van der Waals surface area contributed by atoms with E-state index in [9.17, 15) is 9.59 Å². The summed E-state index contributed by atoms with van der Waals surface area (Å²) in [6, 6.07) is 2.65. The summed E-state index contributed by atoms with van der Waals surface area (Å²) in [6.45, 7) is 1.29. The van der Waals surface area contributed by atoms with Crippen LogP contribution in [0.15, 0.2) is 22.8 Å². The molecule has 0 aliphatic rings. The third-order valence-electron chi connectivity index (χ3n) is 2.89. The number of fused-ring (bicyclic) bond motifs is 1. The van der Waals surface area contributed by atoms with E-state index in [1.165, 1.54) is 6.92 Å². The Morgan fingerprint density at radius 2 is 2.20 bits per heavy atom. The first-order valence-electron chi connectivity index (χ1n) is 5.83. The number of H-pyrrole nitrogens is 1. The molecule has 0 spiro atoms. The number of carbonyl (C=O) groups excluding carboxylic acids is 1. The van der Waals surface area contributed by atoms with Crippen LogP contribution in [0.1, 0.15) is 12.5 Å². The van der Waals surface area contributed by atoms with Gasteiger partial charge in [-0.25, -0.2) is 4.79 Å². The van der Waals surface area contributed by atoms with Crippen LogP contribution in [0, 0.1) is 0 Å². The molecule has 2 rings (SSSR count). The molecule has 5 nitrogen and oxygen atoms in total. The number of aromatic amines is 1. The predicted molar refractivity (Wildman–Crippen MR) is 80.0 cm³/mol. The van der Waals surface area contributed by atoms with Crippen molar-refractivity contribution >= 4 is 50.3 Å². The molecule has 7 heteroatoms. The molecular weight excluding hydrogens is 348 g/mol. The molecule has 3 N–H and O–H groups in total. The fourth-order valence-corrected chi connectivity index (χ4v) is 2.91. The SMILES string of the molecule is CC(=O)NC(Cc1c[nH]c2c(Cl)cc(Br)cc12)C(=O)O. The molecule has 1 amide bonds. The molecule has 0 aliphatic heterocycles. The van der Waals surface area contributed by atoms with Crippen molar-refractivity contribution < 1.29 is 14.7 Å². The Morgan fingerprint density at radius 1 is 1.50 bits per heavy atom. The number of aliphatic carboxylic acids is 1. The molecule has 0 saturated heterocycles. The van der Waals surface area contributed by atoms with Gasteiger partial charge in [-0.15, -0.1) is 0 Å². The summed E-state index contributed by atoms with van der Waals surface area (Å²) in [5.41, 5.74) is 1.53. The Hall–Kier alpha value is -1.53. The predicted octanol–water partition coefficient (Wildman–Crippen LogP) is 2.72. The van der Waals surface area contributed by atoms with E-state index in [-0.39, 0.29) is 12.3 Å². The molecule has 0 bridgehead atoms. The van der Waals surface area contributed by atoms with Gasteiger partial charge in [-0.3, -0.25) is 4.79 Å². The van der Waals surface area contributed by atoms with E-state index in [4.69, 9.17) is 16.7 Å². The maximum Gasteiger partial charge on any atom is 0.326 e. The number of hydrogen-bond acceptors (Lipinski definition) is 2. The quantitative estimate of drug-likeness (QED) is 0.785. The number of carboxylic acids is 1. The van der Waals surface area contributed by atoms with Gasteiger partial charge in [-0.2, -0.15) is 0 Å². The second-order valence-corrected chi connectivity index (χ2v) is 5.74. The third-order valence-corrected chi connectivity index (χ3v) is 3.65. The van der Waals surface area contributed by atoms with E-state index in [0.717, 1.165) is 20.9 Å². The summed E-state index contributed by atoms with van der Waals surface area (Å²) in [7, 11) is 0. The number of carbonyl (C=O) groups is 2. The van der Waals surface area contributed by atoms with Crippen molar-refractivity contribution in [3.05, 3.63) is 33.4 Å². The highest BCUT2D eigenvalue weighted by Crippen LogP contribution is 2.30. The monoisotopic (exact) mass is 358 g/mol. The number of aromatic nitrogens is 1. The van der Waals surface area contributed by atoms with E-state index in [1.54, 1.807) is 12.3 Å². The van der Waals surface area contributed by atoms with Gasteiger partial charge in [-0.1, -0.05) is 27.5 Å². The van der Waals surface area contributed by atoms with Crippen molar-refractivity contribution in [3.8, 4) is 0 Å². The molecule has 106 valence electrons. The molecule has 1 aromatic carbocycles. The van der Waals surface area contributed by atoms with E-state index in [2.05, 4.69) is 26.2 Å². The molecule has 0 fully saturated rings. The van der Waals surface area contributed by atoms with E-state index in [1.807, 2.05) is 6.07 Å². The van der Waals surface area contributed by atoms with Gasteiger partial charge < -0.3 is 15.4 Å². The zero-order valence-electron chi connectivity index (χ0n) is 10.5. The summed E-state index contributed by atoms with van der Waals surface area (Å²) in [5.74, 6) is -1.45. The van der Waals surface area contributed by atoms with Gasteiger partial charge in [0.05, 0.1) is 10.5 Å². The average Bonchev–Trinajstić information content (AvgIpc) is 2.71. The van der Waals surface area contributed by atoms with Gasteiger partial charge in [0.2, 0.25) is 5.91 Å². The van der Waals surface area contributed by atoms with Crippen molar-refractivity contribution in [2.24, 2.45) is 0 Å². The highest BCUT2D eigenvalue weighted by molar-refractivity contribution is 9.10. The second-order valence-electron chi connectivity index (χ2n) is 4.42. The van der Waals surface area contributed by atoms with E-state index in [0.29, 0.717) is 5.02 Å². The topological polar surface area (TPSA) is 82.2 Å². The van der Waals surface area contributed by atoms with Crippen molar-refractivity contribution in [1.82, 2.24) is 10.3 Å². The first kappa shape index (κ1) is 14.9. The zero-order chi connectivity index (χ0) is 14.9. The first-order valence-corrected chi connectivity index (χ1v) is 7.00. The Morgan fingerprint density at radius 3 is 2.80 bits per heavy atom. The number of amides is 1. The smallest absolute Gasteiger partial charge is 0.326 e. The van der Waals surface area contributed by atoms with Crippen LogP contribution >= 0.6 is 27.5 Å². The van der Waals surface area contributed by atoms with Crippen molar-refractivity contribution in [1.29, 1.82) is 0 Å². The van der Waals surface area contributed by atoms with Gasteiger partial charge in [0.1, 0.15) is 6.04 Å². The highest BCUT2D eigenvalue weighted by atomic mass is 79.9. The molecular formula is C13H12BrClN2O3. The maximum absolute atomic E-state index is 11.2. The Kier molecular flexibility index (Phi) is 4.35. The van der Waals surface area contributed by atoms with Crippen LogP contribution in [0.4, 0.5) is 0 Å². The van der Waals surface area contributed by atoms with Crippen molar-refractivity contribution in [2.45, 2.75) is 19.4 Å². The number of nitrogens with one attached hydrogen (secondary N) is 2. The van der Waals surface area contributed by atoms with Crippen molar-refractivity contribution in [3.63, 3.8) is 0 Å². The molecule has 0 aliphatic carbocycles. The summed E-state index contributed by atoms with van der Waals surface area (Å²) in [5, 5.41) is 12.9. The van der Waals surface area contributed by atoms with E-state index < -0.39 is 12.0 Å². The standard InChI is InChI=1S/C13H12BrClN2O3/c1-6(18)17-11(13(19)20)2-7-5-16-12-9(7)3-8(14)4-10(12)15/h3-5,11,16H,2H2,1H3,(H,17,18)(H,19,20). The summed E-state index contributed by atoms with van der Waals surface area (Å²) < 4.78 is 0.808. The summed E-state index contributed by atoms with van der Waals surface area (Å²) in [6.07, 6.45) is 1.89. The van der Waals surface area contributed by atoms with Gasteiger partial charge in [0.25, 0.3) is 0 Å². The lowest BCUT2D eigenvalue weighted by molar-refractivity contribution is -0.141. The van der Waals surface area contributed by atoms with Crippen LogP contribution in [0.2, 0.25) is 5.02 Å². The lowest BCUT2D eigenvalue weighted by atomic mass is 10.1. The highest BCUT2D eigenvalue weighted by Gasteiger charge is 2.21. The zero-order valence-corrected chi connectivity index (χ0v) is 12.9. The van der Waals surface area contributed by atoms with Gasteiger partial charge in [-0.05, 0) is 17.7 Å². The largest absolute Gasteiger partial charge is 0.480 e. The van der Waals surface area contributed by atoms with Gasteiger partial charge in [0.15, 0.2) is 0 Å². The number of carboxylic acid groups (broad SMARTS) is 1. The molecule has 2 aromatic rings. The van der Waals surface area contributed by atoms with Crippen LogP contribution in [-0.4, -0.2) is 28.0 Å². The first-order chi connectivity index (χ1) is 9.38. The van der Waals surface area contributed by atoms with Crippen molar-refractivity contribution in [2.75, 3.05) is 0 Å². The second kappa shape index (κ2) is 5.85. The molecule has 1 heterocycles. The average molecular weight is 360 g/mol. The Balaban J connectivity index is 2.37. The Labute approximate surface area is 128 Å². The van der Waals surface area contributed by atoms with Crippen LogP contribution < -0.4 is 5.32 Å². The third kappa shape index (κ3) is 3.13. The number of halogens is 2. The fraction of sp³-hybridized carbons (Fsp3) is 0.231. The molecule has 20 heavy (non-hydrogen) atoms. The minimum Gasteiger partial charge on any atom is -0.480 e. The summed E-state index contributed by atoms with van der Waals surface area (Å²) >= 11 is 9.46.